The first kappa shape index (κ1) is 16.5. The molecule has 2 aromatic heterocycles. The number of hydrogen-bond donors (Lipinski definition) is 0. The van der Waals surface area contributed by atoms with Crippen LogP contribution in [0, 0.1) is 0 Å². The summed E-state index contributed by atoms with van der Waals surface area (Å²) in [6.07, 6.45) is 3.68. The van der Waals surface area contributed by atoms with Crippen molar-refractivity contribution in [3.63, 3.8) is 0 Å². The number of thiazole rings is 1. The van der Waals surface area contributed by atoms with Crippen molar-refractivity contribution in [3.8, 4) is 0 Å². The Bertz CT molecular complexity index is 989. The molecule has 0 aliphatic heterocycles. The van der Waals surface area contributed by atoms with Crippen LogP contribution in [-0.4, -0.2) is 32.6 Å². The van der Waals surface area contributed by atoms with Gasteiger partial charge < -0.3 is 4.90 Å². The highest BCUT2D eigenvalue weighted by molar-refractivity contribution is 7.18. The number of aromatic nitrogens is 3. The van der Waals surface area contributed by atoms with E-state index in [1.165, 1.54) is 0 Å². The van der Waals surface area contributed by atoms with Crippen molar-refractivity contribution >= 4 is 27.5 Å². The van der Waals surface area contributed by atoms with Gasteiger partial charge in [-0.25, -0.2) is 4.98 Å². The minimum Gasteiger partial charge on any atom is -0.335 e. The molecule has 26 heavy (non-hydrogen) atoms. The molecule has 0 atom stereocenters. The molecule has 130 valence electrons. The number of amides is 1. The third kappa shape index (κ3) is 3.50. The van der Waals surface area contributed by atoms with Gasteiger partial charge in [0.15, 0.2) is 0 Å². The maximum atomic E-state index is 12.7. The molecule has 2 heterocycles. The van der Waals surface area contributed by atoms with E-state index in [4.69, 9.17) is 0 Å². The summed E-state index contributed by atoms with van der Waals surface area (Å²) in [5.74, 6) is -0.00473. The first-order valence-corrected chi connectivity index (χ1v) is 9.17. The van der Waals surface area contributed by atoms with Crippen molar-refractivity contribution < 1.29 is 4.79 Å². The summed E-state index contributed by atoms with van der Waals surface area (Å²) in [6.45, 7) is 1.20. The second-order valence-electron chi connectivity index (χ2n) is 6.14. The van der Waals surface area contributed by atoms with Crippen molar-refractivity contribution in [2.75, 3.05) is 7.05 Å². The molecule has 0 aliphatic rings. The molecule has 0 unspecified atom stereocenters. The van der Waals surface area contributed by atoms with Gasteiger partial charge in [-0.15, -0.1) is 11.3 Å². The fourth-order valence-electron chi connectivity index (χ4n) is 2.82. The number of rotatable bonds is 5. The first-order valence-electron chi connectivity index (χ1n) is 8.35. The Morgan fingerprint density at radius 3 is 2.65 bits per heavy atom. The number of fused-ring (bicyclic) bond motifs is 1. The van der Waals surface area contributed by atoms with Gasteiger partial charge in [0.2, 0.25) is 0 Å². The lowest BCUT2D eigenvalue weighted by atomic mass is 10.1. The summed E-state index contributed by atoms with van der Waals surface area (Å²) in [7, 11) is 1.81. The van der Waals surface area contributed by atoms with Crippen LogP contribution in [0.2, 0.25) is 0 Å². The van der Waals surface area contributed by atoms with E-state index in [9.17, 15) is 4.79 Å². The summed E-state index contributed by atoms with van der Waals surface area (Å²) in [5, 5.41) is 5.14. The van der Waals surface area contributed by atoms with E-state index in [1.54, 1.807) is 22.4 Å². The van der Waals surface area contributed by atoms with Crippen molar-refractivity contribution in [1.82, 2.24) is 19.7 Å². The average Bonchev–Trinajstić information content (AvgIpc) is 3.30. The van der Waals surface area contributed by atoms with Gasteiger partial charge >= 0.3 is 0 Å². The zero-order chi connectivity index (χ0) is 17.9. The van der Waals surface area contributed by atoms with Crippen LogP contribution in [0.1, 0.15) is 20.9 Å². The van der Waals surface area contributed by atoms with E-state index in [2.05, 4.69) is 16.1 Å². The smallest absolute Gasteiger partial charge is 0.253 e. The average molecular weight is 362 g/mol. The first-order chi connectivity index (χ1) is 12.7. The predicted octanol–water partition coefficient (Wildman–Crippen LogP) is 3.81. The van der Waals surface area contributed by atoms with Crippen LogP contribution >= 0.6 is 11.3 Å². The number of carbonyl (C=O) groups excluding carboxylic acids is 1. The van der Waals surface area contributed by atoms with Gasteiger partial charge in [0, 0.05) is 25.0 Å². The summed E-state index contributed by atoms with van der Waals surface area (Å²) >= 11 is 1.63. The SMILES string of the molecule is CN(Cc1nc2ccccc2s1)C(=O)c1ccc(Cn2cccn2)cc1. The molecule has 0 spiro atoms. The number of hydrogen-bond acceptors (Lipinski definition) is 4. The molecule has 0 aliphatic carbocycles. The van der Waals surface area contributed by atoms with Gasteiger partial charge in [0.25, 0.3) is 5.91 Å². The van der Waals surface area contributed by atoms with Crippen LogP contribution in [0.3, 0.4) is 0 Å². The highest BCUT2D eigenvalue weighted by atomic mass is 32.1. The van der Waals surface area contributed by atoms with Crippen LogP contribution in [0.5, 0.6) is 0 Å². The Kier molecular flexibility index (Phi) is 4.50. The molecule has 5 nitrogen and oxygen atoms in total. The van der Waals surface area contributed by atoms with Crippen LogP contribution in [0.4, 0.5) is 0 Å². The number of nitrogens with zero attached hydrogens (tertiary/aromatic N) is 4. The van der Waals surface area contributed by atoms with Crippen molar-refractivity contribution in [2.24, 2.45) is 0 Å². The molecule has 2 aromatic carbocycles. The van der Waals surface area contributed by atoms with Gasteiger partial charge in [-0.2, -0.15) is 5.10 Å². The van der Waals surface area contributed by atoms with Gasteiger partial charge in [0.05, 0.1) is 23.3 Å². The molecule has 0 N–H and O–H groups in total. The van der Waals surface area contributed by atoms with Gasteiger partial charge in [-0.1, -0.05) is 24.3 Å². The van der Waals surface area contributed by atoms with E-state index in [0.29, 0.717) is 18.7 Å². The normalized spacial score (nSPS) is 11.0. The lowest BCUT2D eigenvalue weighted by molar-refractivity contribution is 0.0785. The predicted molar refractivity (Wildman–Crippen MR) is 103 cm³/mol. The molecule has 0 bridgehead atoms. The van der Waals surface area contributed by atoms with E-state index >= 15 is 0 Å². The summed E-state index contributed by atoms with van der Waals surface area (Å²) < 4.78 is 3.00. The molecule has 0 saturated heterocycles. The Morgan fingerprint density at radius 1 is 1.12 bits per heavy atom. The standard InChI is InChI=1S/C20H18N4OS/c1-23(14-19-22-17-5-2-3-6-18(17)26-19)20(25)16-9-7-15(8-10-16)13-24-12-4-11-21-24/h2-12H,13-14H2,1H3. The van der Waals surface area contributed by atoms with Crippen LogP contribution in [0.15, 0.2) is 67.0 Å². The molecule has 0 fully saturated rings. The number of benzene rings is 2. The van der Waals surface area contributed by atoms with Gasteiger partial charge in [0.1, 0.15) is 5.01 Å². The molecule has 0 saturated carbocycles. The van der Waals surface area contributed by atoms with E-state index in [0.717, 1.165) is 20.8 Å². The van der Waals surface area contributed by atoms with E-state index in [-0.39, 0.29) is 5.91 Å². The zero-order valence-electron chi connectivity index (χ0n) is 14.4. The fraction of sp³-hybridized carbons (Fsp3) is 0.150. The lowest BCUT2D eigenvalue weighted by Crippen LogP contribution is -2.26. The second-order valence-corrected chi connectivity index (χ2v) is 7.25. The minimum atomic E-state index is -0.00473. The van der Waals surface area contributed by atoms with Gasteiger partial charge in [-0.05, 0) is 35.9 Å². The second kappa shape index (κ2) is 7.09. The summed E-state index contributed by atoms with van der Waals surface area (Å²) in [4.78, 5) is 19.0. The molecule has 6 heteroatoms. The summed E-state index contributed by atoms with van der Waals surface area (Å²) in [6, 6.07) is 17.6. The van der Waals surface area contributed by atoms with Gasteiger partial charge in [-0.3, -0.25) is 9.48 Å². The highest BCUT2D eigenvalue weighted by Crippen LogP contribution is 2.22. The monoisotopic (exact) mass is 362 g/mol. The quantitative estimate of drug-likeness (QED) is 0.542. The molecule has 4 aromatic rings. The number of para-hydroxylation sites is 1. The molecule has 0 radical (unpaired) electrons. The fourth-order valence-corrected chi connectivity index (χ4v) is 3.84. The zero-order valence-corrected chi connectivity index (χ0v) is 15.2. The Balaban J connectivity index is 1.44. The molecule has 4 rings (SSSR count). The summed E-state index contributed by atoms with van der Waals surface area (Å²) in [5.41, 5.74) is 2.77. The largest absolute Gasteiger partial charge is 0.335 e. The molecular weight excluding hydrogens is 344 g/mol. The Labute approximate surface area is 155 Å². The number of carbonyl (C=O) groups is 1. The highest BCUT2D eigenvalue weighted by Gasteiger charge is 2.14. The Hall–Kier alpha value is -2.99. The topological polar surface area (TPSA) is 51.0 Å². The van der Waals surface area contributed by atoms with Crippen LogP contribution in [-0.2, 0) is 13.1 Å². The lowest BCUT2D eigenvalue weighted by Gasteiger charge is -2.16. The van der Waals surface area contributed by atoms with E-state index < -0.39 is 0 Å². The third-order valence-electron chi connectivity index (χ3n) is 4.16. The Morgan fingerprint density at radius 2 is 1.92 bits per heavy atom. The van der Waals surface area contributed by atoms with E-state index in [1.807, 2.05) is 66.5 Å². The maximum absolute atomic E-state index is 12.7. The minimum absolute atomic E-state index is 0.00473. The van der Waals surface area contributed by atoms with Crippen molar-refractivity contribution in [2.45, 2.75) is 13.1 Å². The third-order valence-corrected chi connectivity index (χ3v) is 5.18. The van der Waals surface area contributed by atoms with Crippen molar-refractivity contribution in [1.29, 1.82) is 0 Å². The van der Waals surface area contributed by atoms with Crippen molar-refractivity contribution in [3.05, 3.63) is 83.1 Å². The molecular formula is C20H18N4OS. The van der Waals surface area contributed by atoms with Crippen LogP contribution in [0.25, 0.3) is 10.2 Å². The maximum Gasteiger partial charge on any atom is 0.253 e. The van der Waals surface area contributed by atoms with Crippen LogP contribution < -0.4 is 0 Å². The molecule has 1 amide bonds.